The van der Waals surface area contributed by atoms with Gasteiger partial charge in [-0.05, 0) is 62.9 Å². The molecular weight excluding hydrogens is 321 g/mol. The average molecular weight is 347 g/mol. The Morgan fingerprint density at radius 2 is 2.00 bits per heavy atom. The maximum atomic E-state index is 13.1. The summed E-state index contributed by atoms with van der Waals surface area (Å²) in [5.41, 5.74) is 0.489. The zero-order valence-electron chi connectivity index (χ0n) is 14.5. The van der Waals surface area contributed by atoms with Crippen molar-refractivity contribution >= 4 is 17.5 Å². The molecule has 3 rings (SSSR count). The first-order valence-electron chi connectivity index (χ1n) is 9.16. The van der Waals surface area contributed by atoms with E-state index in [1.807, 2.05) is 4.90 Å². The highest BCUT2D eigenvalue weighted by Crippen LogP contribution is 2.21. The molecule has 6 heteroatoms. The number of nitrogens with one attached hydrogen (secondary N) is 1. The number of carbonyl (C=O) groups is 2. The fraction of sp³-hybridized carbons (Fsp3) is 0.579. The minimum absolute atomic E-state index is 0.116. The van der Waals surface area contributed by atoms with Crippen molar-refractivity contribution in [2.45, 2.75) is 32.1 Å². The minimum Gasteiger partial charge on any atom is -0.342 e. The Hall–Kier alpha value is -1.95. The molecule has 1 aromatic carbocycles. The van der Waals surface area contributed by atoms with Gasteiger partial charge in [0.25, 0.3) is 0 Å². The van der Waals surface area contributed by atoms with Crippen LogP contribution in [0, 0.1) is 11.7 Å². The number of amides is 2. The third kappa shape index (κ3) is 5.26. The molecule has 2 amide bonds. The molecule has 0 spiro atoms. The van der Waals surface area contributed by atoms with Crippen LogP contribution in [0.4, 0.5) is 10.1 Å². The molecule has 5 nitrogen and oxygen atoms in total. The highest BCUT2D eigenvalue weighted by atomic mass is 19.1. The number of halogens is 1. The van der Waals surface area contributed by atoms with Gasteiger partial charge in [-0.1, -0.05) is 6.07 Å². The number of rotatable bonds is 5. The Bertz CT molecular complexity index is 614. The average Bonchev–Trinajstić information content (AvgIpc) is 2.58. The van der Waals surface area contributed by atoms with Crippen LogP contribution in [-0.2, 0) is 9.59 Å². The first kappa shape index (κ1) is 17.9. The number of piperidine rings is 2. The second-order valence-electron chi connectivity index (χ2n) is 7.07. The van der Waals surface area contributed by atoms with Crippen LogP contribution in [0.25, 0.3) is 0 Å². The van der Waals surface area contributed by atoms with Crippen LogP contribution >= 0.6 is 0 Å². The molecule has 1 N–H and O–H groups in total. The largest absolute Gasteiger partial charge is 0.342 e. The normalized spacial score (nSPS) is 19.9. The zero-order chi connectivity index (χ0) is 17.6. The molecule has 0 radical (unpaired) electrons. The Labute approximate surface area is 148 Å². The molecule has 136 valence electrons. The Kier molecular flexibility index (Phi) is 6.02. The van der Waals surface area contributed by atoms with Gasteiger partial charge in [-0.25, -0.2) is 4.39 Å². The first-order chi connectivity index (χ1) is 12.1. The van der Waals surface area contributed by atoms with E-state index in [2.05, 4.69) is 10.2 Å². The lowest BCUT2D eigenvalue weighted by molar-refractivity contribution is -0.134. The molecule has 0 bridgehead atoms. The molecule has 2 fully saturated rings. The van der Waals surface area contributed by atoms with E-state index >= 15 is 0 Å². The van der Waals surface area contributed by atoms with Gasteiger partial charge in [-0.15, -0.1) is 0 Å². The number of hydrogen-bond acceptors (Lipinski definition) is 3. The van der Waals surface area contributed by atoms with Crippen molar-refractivity contribution in [1.82, 2.24) is 9.80 Å². The second kappa shape index (κ2) is 8.43. The van der Waals surface area contributed by atoms with Crippen LogP contribution in [0.2, 0.25) is 0 Å². The van der Waals surface area contributed by atoms with Gasteiger partial charge in [-0.2, -0.15) is 0 Å². The fourth-order valence-corrected chi connectivity index (χ4v) is 3.66. The van der Waals surface area contributed by atoms with Crippen LogP contribution in [-0.4, -0.2) is 54.3 Å². The van der Waals surface area contributed by atoms with Crippen molar-refractivity contribution in [3.63, 3.8) is 0 Å². The van der Waals surface area contributed by atoms with Crippen LogP contribution in [0.15, 0.2) is 24.3 Å². The maximum absolute atomic E-state index is 13.1. The summed E-state index contributed by atoms with van der Waals surface area (Å²) in [7, 11) is 0. The predicted octanol–water partition coefficient (Wildman–Crippen LogP) is 2.49. The lowest BCUT2D eigenvalue weighted by Crippen LogP contribution is -2.44. The van der Waals surface area contributed by atoms with Gasteiger partial charge in [0, 0.05) is 25.2 Å². The monoisotopic (exact) mass is 347 g/mol. The first-order valence-corrected chi connectivity index (χ1v) is 9.16. The van der Waals surface area contributed by atoms with Gasteiger partial charge in [-0.3, -0.25) is 14.5 Å². The Morgan fingerprint density at radius 1 is 1.20 bits per heavy atom. The fourth-order valence-electron chi connectivity index (χ4n) is 3.66. The van der Waals surface area contributed by atoms with Gasteiger partial charge in [0.05, 0.1) is 6.54 Å². The molecule has 2 aliphatic heterocycles. The summed E-state index contributed by atoms with van der Waals surface area (Å²) in [6.07, 6.45) is 4.85. The van der Waals surface area contributed by atoms with Gasteiger partial charge in [0.15, 0.2) is 0 Å². The summed E-state index contributed by atoms with van der Waals surface area (Å²) in [5.74, 6) is 0.355. The van der Waals surface area contributed by atoms with Crippen LogP contribution in [0.5, 0.6) is 0 Å². The number of carbonyl (C=O) groups excluding carboxylic acids is 2. The summed E-state index contributed by atoms with van der Waals surface area (Å²) in [4.78, 5) is 28.2. The van der Waals surface area contributed by atoms with E-state index in [4.69, 9.17) is 0 Å². The smallest absolute Gasteiger partial charge is 0.238 e. The van der Waals surface area contributed by atoms with E-state index < -0.39 is 0 Å². The number of benzene rings is 1. The molecule has 0 aliphatic carbocycles. The molecule has 2 saturated heterocycles. The SMILES string of the molecule is O=C(CN1CCC(CN2CCCCC2=O)CC1)Nc1cccc(F)c1. The summed E-state index contributed by atoms with van der Waals surface area (Å²) in [5, 5.41) is 2.74. The van der Waals surface area contributed by atoms with Crippen molar-refractivity contribution in [3.8, 4) is 0 Å². The third-order valence-electron chi connectivity index (χ3n) is 5.08. The lowest BCUT2D eigenvalue weighted by Gasteiger charge is -2.35. The molecule has 0 saturated carbocycles. The predicted molar refractivity (Wildman–Crippen MR) is 94.6 cm³/mol. The van der Waals surface area contributed by atoms with Crippen molar-refractivity contribution in [1.29, 1.82) is 0 Å². The van der Waals surface area contributed by atoms with E-state index in [1.165, 1.54) is 12.1 Å². The molecule has 2 aliphatic rings. The van der Waals surface area contributed by atoms with Crippen LogP contribution < -0.4 is 5.32 Å². The topological polar surface area (TPSA) is 52.7 Å². The van der Waals surface area contributed by atoms with Crippen LogP contribution in [0.3, 0.4) is 0 Å². The van der Waals surface area contributed by atoms with E-state index in [9.17, 15) is 14.0 Å². The van der Waals surface area contributed by atoms with Crippen molar-refractivity contribution in [2.24, 2.45) is 5.92 Å². The molecule has 0 aromatic heterocycles. The number of anilines is 1. The Morgan fingerprint density at radius 3 is 2.72 bits per heavy atom. The quantitative estimate of drug-likeness (QED) is 0.890. The molecule has 25 heavy (non-hydrogen) atoms. The number of likely N-dealkylation sites (tertiary alicyclic amines) is 2. The van der Waals surface area contributed by atoms with Crippen molar-refractivity contribution < 1.29 is 14.0 Å². The van der Waals surface area contributed by atoms with Gasteiger partial charge < -0.3 is 10.2 Å². The molecular formula is C19H26FN3O2. The highest BCUT2D eigenvalue weighted by Gasteiger charge is 2.25. The summed E-state index contributed by atoms with van der Waals surface area (Å²) in [6.45, 7) is 3.82. The summed E-state index contributed by atoms with van der Waals surface area (Å²) in [6, 6.07) is 5.94. The molecule has 0 unspecified atom stereocenters. The summed E-state index contributed by atoms with van der Waals surface area (Å²) >= 11 is 0. The van der Waals surface area contributed by atoms with Gasteiger partial charge in [0.2, 0.25) is 11.8 Å². The molecule has 1 aromatic rings. The van der Waals surface area contributed by atoms with Crippen LogP contribution in [0.1, 0.15) is 32.1 Å². The lowest BCUT2D eigenvalue weighted by atomic mass is 9.95. The van der Waals surface area contributed by atoms with Gasteiger partial charge in [0.1, 0.15) is 5.82 Å². The van der Waals surface area contributed by atoms with E-state index in [-0.39, 0.29) is 11.7 Å². The minimum atomic E-state index is -0.356. The number of nitrogens with zero attached hydrogens (tertiary/aromatic N) is 2. The zero-order valence-corrected chi connectivity index (χ0v) is 14.5. The second-order valence-corrected chi connectivity index (χ2v) is 7.07. The maximum Gasteiger partial charge on any atom is 0.238 e. The van der Waals surface area contributed by atoms with Crippen molar-refractivity contribution in [2.75, 3.05) is 38.0 Å². The van der Waals surface area contributed by atoms with Crippen molar-refractivity contribution in [3.05, 3.63) is 30.1 Å². The Balaban J connectivity index is 1.40. The summed E-state index contributed by atoms with van der Waals surface area (Å²) < 4.78 is 13.1. The highest BCUT2D eigenvalue weighted by molar-refractivity contribution is 5.92. The molecule has 0 atom stereocenters. The van der Waals surface area contributed by atoms with E-state index in [0.717, 1.165) is 51.9 Å². The van der Waals surface area contributed by atoms with Gasteiger partial charge >= 0.3 is 0 Å². The number of hydrogen-bond donors (Lipinski definition) is 1. The third-order valence-corrected chi connectivity index (χ3v) is 5.08. The van der Waals surface area contributed by atoms with E-state index in [1.54, 1.807) is 12.1 Å². The van der Waals surface area contributed by atoms with E-state index in [0.29, 0.717) is 30.5 Å². The molecule has 2 heterocycles. The standard InChI is InChI=1S/C19H26FN3O2/c20-16-4-3-5-17(12-16)21-18(24)14-22-10-7-15(8-11-22)13-23-9-2-1-6-19(23)25/h3-5,12,15H,1-2,6-11,13-14H2,(H,21,24).